The minimum Gasteiger partial charge on any atom is -0.469 e. The molecule has 1 rings (SSSR count). The number of esters is 1. The molecule has 1 saturated carbocycles. The van der Waals surface area contributed by atoms with Crippen molar-refractivity contribution in [1.82, 2.24) is 0 Å². The Hall–Kier alpha value is -0.570. The minimum atomic E-state index is -0.148. The monoisotopic (exact) mass is 199 g/mol. The highest BCUT2D eigenvalue weighted by atomic mass is 16.5. The van der Waals surface area contributed by atoms with Gasteiger partial charge in [0.1, 0.15) is 0 Å². The third-order valence-electron chi connectivity index (χ3n) is 3.33. The molecule has 0 heterocycles. The fourth-order valence-electron chi connectivity index (χ4n) is 1.80. The zero-order valence-electron chi connectivity index (χ0n) is 9.38. The first-order valence-electron chi connectivity index (χ1n) is 5.30. The molecule has 1 fully saturated rings. The van der Waals surface area contributed by atoms with Crippen molar-refractivity contribution in [3.63, 3.8) is 0 Å². The van der Waals surface area contributed by atoms with Crippen molar-refractivity contribution in [3.05, 3.63) is 0 Å². The summed E-state index contributed by atoms with van der Waals surface area (Å²) < 4.78 is 4.70. The van der Waals surface area contributed by atoms with Crippen LogP contribution in [0.25, 0.3) is 0 Å². The Morgan fingerprint density at radius 2 is 2.21 bits per heavy atom. The van der Waals surface area contributed by atoms with Crippen LogP contribution in [0.4, 0.5) is 0 Å². The molecule has 0 saturated heterocycles. The summed E-state index contributed by atoms with van der Waals surface area (Å²) in [5.41, 5.74) is 5.85. The van der Waals surface area contributed by atoms with Gasteiger partial charge >= 0.3 is 5.97 Å². The molecule has 0 aromatic carbocycles. The smallest absolute Gasteiger partial charge is 0.306 e. The zero-order valence-corrected chi connectivity index (χ0v) is 9.38. The first-order valence-corrected chi connectivity index (χ1v) is 5.30. The van der Waals surface area contributed by atoms with Crippen molar-refractivity contribution in [3.8, 4) is 0 Å². The van der Waals surface area contributed by atoms with E-state index >= 15 is 0 Å². The third-order valence-corrected chi connectivity index (χ3v) is 3.33. The maximum Gasteiger partial charge on any atom is 0.306 e. The average molecular weight is 199 g/mol. The van der Waals surface area contributed by atoms with E-state index in [4.69, 9.17) is 10.5 Å². The highest BCUT2D eigenvalue weighted by Crippen LogP contribution is 2.43. The second-order valence-corrected chi connectivity index (χ2v) is 4.84. The predicted octanol–water partition coefficient (Wildman–Crippen LogP) is 1.70. The normalized spacial score (nSPS) is 22.6. The molecular formula is C11H21NO2. The molecule has 1 aliphatic rings. The quantitative estimate of drug-likeness (QED) is 0.686. The van der Waals surface area contributed by atoms with Crippen LogP contribution in [-0.2, 0) is 9.53 Å². The van der Waals surface area contributed by atoms with Gasteiger partial charge in [-0.1, -0.05) is 19.8 Å². The van der Waals surface area contributed by atoms with E-state index in [1.54, 1.807) is 0 Å². The number of carbonyl (C=O) groups is 1. The zero-order chi connectivity index (χ0) is 10.8. The Morgan fingerprint density at radius 3 is 2.57 bits per heavy atom. The van der Waals surface area contributed by atoms with E-state index in [1.807, 2.05) is 6.92 Å². The largest absolute Gasteiger partial charge is 0.469 e. The van der Waals surface area contributed by atoms with Crippen LogP contribution in [0.2, 0.25) is 0 Å². The van der Waals surface area contributed by atoms with Crippen LogP contribution in [0.5, 0.6) is 0 Å². The van der Waals surface area contributed by atoms with Gasteiger partial charge in [0.25, 0.3) is 0 Å². The molecule has 0 radical (unpaired) electrons. The first kappa shape index (κ1) is 11.5. The van der Waals surface area contributed by atoms with Gasteiger partial charge in [0.05, 0.1) is 13.5 Å². The van der Waals surface area contributed by atoms with Gasteiger partial charge < -0.3 is 10.5 Å². The summed E-state index contributed by atoms with van der Waals surface area (Å²) in [4.78, 5) is 11.3. The van der Waals surface area contributed by atoms with Crippen molar-refractivity contribution in [2.45, 2.75) is 45.6 Å². The number of carbonyl (C=O) groups excluding carboxylic acids is 1. The van der Waals surface area contributed by atoms with Crippen LogP contribution in [0, 0.1) is 11.3 Å². The minimum absolute atomic E-state index is 0.0437. The maximum absolute atomic E-state index is 11.3. The lowest BCUT2D eigenvalue weighted by atomic mass is 9.76. The summed E-state index contributed by atoms with van der Waals surface area (Å²) in [6.45, 7) is 4.07. The number of hydrogen-bond donors (Lipinski definition) is 1. The number of nitrogens with two attached hydrogens (primary N) is 1. The standard InChI is InChI=1S/C11H21NO2/c1-8(12)11(2,6-9-4-5-9)7-10(13)14-3/h8-9H,4-7,12H2,1-3H3. The molecule has 0 aromatic heterocycles. The predicted molar refractivity (Wildman–Crippen MR) is 55.7 cm³/mol. The van der Waals surface area contributed by atoms with Crippen molar-refractivity contribution in [2.24, 2.45) is 17.1 Å². The molecule has 0 aliphatic heterocycles. The second kappa shape index (κ2) is 4.30. The summed E-state index contributed by atoms with van der Waals surface area (Å²) in [7, 11) is 1.43. The molecule has 2 atom stereocenters. The number of methoxy groups -OCH3 is 1. The fourth-order valence-corrected chi connectivity index (χ4v) is 1.80. The lowest BCUT2D eigenvalue weighted by Crippen LogP contribution is -2.39. The fraction of sp³-hybridized carbons (Fsp3) is 0.909. The lowest BCUT2D eigenvalue weighted by molar-refractivity contribution is -0.143. The molecule has 0 spiro atoms. The highest BCUT2D eigenvalue weighted by Gasteiger charge is 2.37. The van der Waals surface area contributed by atoms with Gasteiger partial charge in [0.2, 0.25) is 0 Å². The summed E-state index contributed by atoms with van der Waals surface area (Å²) in [6.07, 6.45) is 4.09. The van der Waals surface area contributed by atoms with Crippen molar-refractivity contribution in [1.29, 1.82) is 0 Å². The Labute approximate surface area is 86.0 Å². The Kier molecular flexibility index (Phi) is 3.53. The van der Waals surface area contributed by atoms with Gasteiger partial charge in [0, 0.05) is 6.04 Å². The summed E-state index contributed by atoms with van der Waals surface area (Å²) >= 11 is 0. The van der Waals surface area contributed by atoms with E-state index in [9.17, 15) is 4.79 Å². The maximum atomic E-state index is 11.3. The summed E-state index contributed by atoms with van der Waals surface area (Å²) in [6, 6.07) is 0.0437. The molecule has 0 aromatic rings. The molecule has 3 heteroatoms. The van der Waals surface area contributed by atoms with Gasteiger partial charge in [-0.05, 0) is 24.7 Å². The average Bonchev–Trinajstić information content (AvgIpc) is 2.87. The van der Waals surface area contributed by atoms with Crippen LogP contribution in [-0.4, -0.2) is 19.1 Å². The van der Waals surface area contributed by atoms with Crippen LogP contribution in [0.1, 0.15) is 39.5 Å². The van der Waals surface area contributed by atoms with E-state index in [0.29, 0.717) is 6.42 Å². The lowest BCUT2D eigenvalue weighted by Gasteiger charge is -2.32. The molecule has 3 nitrogen and oxygen atoms in total. The summed E-state index contributed by atoms with van der Waals surface area (Å²) in [5, 5.41) is 0. The van der Waals surface area contributed by atoms with Crippen molar-refractivity contribution >= 4 is 5.97 Å². The second-order valence-electron chi connectivity index (χ2n) is 4.84. The van der Waals surface area contributed by atoms with E-state index in [-0.39, 0.29) is 17.4 Å². The summed E-state index contributed by atoms with van der Waals surface area (Å²) in [5.74, 6) is 0.640. The molecular weight excluding hydrogens is 178 g/mol. The van der Waals surface area contributed by atoms with Crippen molar-refractivity contribution < 1.29 is 9.53 Å². The number of hydrogen-bond acceptors (Lipinski definition) is 3. The van der Waals surface area contributed by atoms with Gasteiger partial charge in [-0.15, -0.1) is 0 Å². The number of rotatable bonds is 5. The molecule has 2 N–H and O–H groups in total. The Bertz CT molecular complexity index is 211. The highest BCUT2D eigenvalue weighted by molar-refractivity contribution is 5.70. The van der Waals surface area contributed by atoms with Crippen LogP contribution in [0.3, 0.4) is 0 Å². The topological polar surface area (TPSA) is 52.3 Å². The third kappa shape index (κ3) is 2.98. The first-order chi connectivity index (χ1) is 6.48. The van der Waals surface area contributed by atoms with Gasteiger partial charge in [-0.25, -0.2) is 0 Å². The van der Waals surface area contributed by atoms with Crippen LogP contribution < -0.4 is 5.73 Å². The molecule has 0 amide bonds. The van der Waals surface area contributed by atoms with Crippen LogP contribution in [0.15, 0.2) is 0 Å². The Balaban J connectivity index is 2.54. The van der Waals surface area contributed by atoms with Gasteiger partial charge in [0.15, 0.2) is 0 Å². The molecule has 14 heavy (non-hydrogen) atoms. The van der Waals surface area contributed by atoms with Crippen LogP contribution >= 0.6 is 0 Å². The molecule has 1 aliphatic carbocycles. The van der Waals surface area contributed by atoms with Crippen molar-refractivity contribution in [2.75, 3.05) is 7.11 Å². The van der Waals surface area contributed by atoms with E-state index in [1.165, 1.54) is 20.0 Å². The van der Waals surface area contributed by atoms with E-state index in [2.05, 4.69) is 6.92 Å². The van der Waals surface area contributed by atoms with Gasteiger partial charge in [-0.2, -0.15) is 0 Å². The van der Waals surface area contributed by atoms with E-state index in [0.717, 1.165) is 12.3 Å². The number of ether oxygens (including phenoxy) is 1. The SMILES string of the molecule is COC(=O)CC(C)(CC1CC1)C(C)N. The Morgan fingerprint density at radius 1 is 1.64 bits per heavy atom. The molecule has 0 bridgehead atoms. The molecule has 82 valence electrons. The van der Waals surface area contributed by atoms with E-state index < -0.39 is 0 Å². The molecule has 2 unspecified atom stereocenters. The van der Waals surface area contributed by atoms with Gasteiger partial charge in [-0.3, -0.25) is 4.79 Å².